The average Bonchev–Trinajstić information content (AvgIpc) is 2.66. The highest BCUT2D eigenvalue weighted by Gasteiger charge is 2.17. The molecular weight excluding hydrogens is 238 g/mol. The average molecular weight is 251 g/mol. The van der Waals surface area contributed by atoms with Crippen molar-refractivity contribution < 1.29 is 9.90 Å². The first-order valence-electron chi connectivity index (χ1n) is 5.32. The lowest BCUT2D eigenvalue weighted by Gasteiger charge is -2.12. The number of carbonyl (C=O) groups is 1. The Morgan fingerprint density at radius 1 is 1.59 bits per heavy atom. The summed E-state index contributed by atoms with van der Waals surface area (Å²) in [6.45, 7) is 3.81. The van der Waals surface area contributed by atoms with Crippen molar-refractivity contribution in [1.29, 1.82) is 0 Å². The molecule has 0 aliphatic carbocycles. The third-order valence-corrected chi connectivity index (χ3v) is 3.43. The summed E-state index contributed by atoms with van der Waals surface area (Å²) in [5, 5.41) is 12.8. The number of hydrogen-bond acceptors (Lipinski definition) is 5. The molecule has 0 aromatic carbocycles. The minimum atomic E-state index is -0.869. The number of hydrogen-bond donors (Lipinski definition) is 2. The van der Waals surface area contributed by atoms with Crippen molar-refractivity contribution in [1.82, 2.24) is 9.97 Å². The second-order valence-corrected chi connectivity index (χ2v) is 4.98. The highest BCUT2D eigenvalue weighted by molar-refractivity contribution is 7.18. The fourth-order valence-corrected chi connectivity index (χ4v) is 2.44. The molecule has 1 atom stereocenters. The van der Waals surface area contributed by atoms with Crippen molar-refractivity contribution in [2.24, 2.45) is 0 Å². The molecule has 5 nitrogen and oxygen atoms in total. The van der Waals surface area contributed by atoms with E-state index in [9.17, 15) is 4.79 Å². The smallest absolute Gasteiger partial charge is 0.326 e. The van der Waals surface area contributed by atoms with Crippen LogP contribution in [0.3, 0.4) is 0 Å². The summed E-state index contributed by atoms with van der Waals surface area (Å²) in [5.41, 5.74) is 0. The van der Waals surface area contributed by atoms with Gasteiger partial charge >= 0.3 is 5.97 Å². The molecule has 90 valence electrons. The molecule has 0 spiro atoms. The molecule has 0 aliphatic heterocycles. The molecule has 0 radical (unpaired) electrons. The Balaban J connectivity index is 2.38. The number of aliphatic carboxylic acids is 1. The number of fused-ring (bicyclic) bond motifs is 1. The summed E-state index contributed by atoms with van der Waals surface area (Å²) < 4.78 is 0. The predicted molar refractivity (Wildman–Crippen MR) is 67.5 cm³/mol. The molecule has 0 aliphatic rings. The lowest BCUT2D eigenvalue weighted by atomic mass is 10.2. The van der Waals surface area contributed by atoms with Gasteiger partial charge in [-0.1, -0.05) is 6.92 Å². The summed E-state index contributed by atoms with van der Waals surface area (Å²) >= 11 is 1.57. The molecule has 1 unspecified atom stereocenters. The van der Waals surface area contributed by atoms with Gasteiger partial charge in [0.2, 0.25) is 0 Å². The predicted octanol–water partition coefficient (Wildman–Crippen LogP) is 2.27. The number of carboxylic acids is 1. The number of aromatic nitrogens is 2. The second-order valence-electron chi connectivity index (χ2n) is 3.74. The summed E-state index contributed by atoms with van der Waals surface area (Å²) in [4.78, 5) is 21.3. The molecule has 2 rings (SSSR count). The third-order valence-electron chi connectivity index (χ3n) is 2.47. The van der Waals surface area contributed by atoms with Crippen LogP contribution in [0.5, 0.6) is 0 Å². The SMILES string of the molecule is CCC(Nc1ncnc2sc(C)cc12)C(=O)O. The second kappa shape index (κ2) is 4.67. The van der Waals surface area contributed by atoms with Crippen molar-refractivity contribution in [2.75, 3.05) is 5.32 Å². The Morgan fingerprint density at radius 2 is 2.35 bits per heavy atom. The first-order valence-corrected chi connectivity index (χ1v) is 6.14. The van der Waals surface area contributed by atoms with Crippen molar-refractivity contribution in [2.45, 2.75) is 26.3 Å². The minimum Gasteiger partial charge on any atom is -0.480 e. The Hall–Kier alpha value is -1.69. The van der Waals surface area contributed by atoms with Gasteiger partial charge in [0.15, 0.2) is 0 Å². The highest BCUT2D eigenvalue weighted by Crippen LogP contribution is 2.27. The van der Waals surface area contributed by atoms with E-state index in [1.165, 1.54) is 6.33 Å². The van der Waals surface area contributed by atoms with Crippen LogP contribution in [0.2, 0.25) is 0 Å². The standard InChI is InChI=1S/C11H13N3O2S/c1-3-8(11(15)16)14-9-7-4-6(2)17-10(7)13-5-12-9/h4-5,8H,3H2,1-2H3,(H,15,16)(H,12,13,14). The van der Waals surface area contributed by atoms with Crippen LogP contribution < -0.4 is 5.32 Å². The summed E-state index contributed by atoms with van der Waals surface area (Å²) in [6, 6.07) is 1.35. The minimum absolute atomic E-state index is 0.504. The topological polar surface area (TPSA) is 75.1 Å². The van der Waals surface area contributed by atoms with Crippen LogP contribution in [-0.2, 0) is 4.79 Å². The van der Waals surface area contributed by atoms with Gasteiger partial charge in [-0.25, -0.2) is 14.8 Å². The van der Waals surface area contributed by atoms with Crippen LogP contribution in [0.15, 0.2) is 12.4 Å². The molecule has 0 amide bonds. The number of carboxylic acid groups (broad SMARTS) is 1. The molecule has 0 bridgehead atoms. The number of thiophene rings is 1. The van der Waals surface area contributed by atoms with E-state index in [-0.39, 0.29) is 0 Å². The maximum Gasteiger partial charge on any atom is 0.326 e. The maximum absolute atomic E-state index is 11.0. The van der Waals surface area contributed by atoms with Crippen molar-refractivity contribution >= 4 is 33.3 Å². The van der Waals surface area contributed by atoms with E-state index in [4.69, 9.17) is 5.11 Å². The zero-order chi connectivity index (χ0) is 12.4. The van der Waals surface area contributed by atoms with E-state index in [0.717, 1.165) is 15.1 Å². The Labute approximate surface area is 103 Å². The monoisotopic (exact) mass is 251 g/mol. The number of rotatable bonds is 4. The quantitative estimate of drug-likeness (QED) is 0.871. The van der Waals surface area contributed by atoms with Crippen LogP contribution in [0.1, 0.15) is 18.2 Å². The van der Waals surface area contributed by atoms with E-state index < -0.39 is 12.0 Å². The lowest BCUT2D eigenvalue weighted by molar-refractivity contribution is -0.137. The maximum atomic E-state index is 11.0. The zero-order valence-corrected chi connectivity index (χ0v) is 10.4. The van der Waals surface area contributed by atoms with E-state index in [0.29, 0.717) is 12.2 Å². The summed E-state index contributed by atoms with van der Waals surface area (Å²) in [5.74, 6) is -0.278. The van der Waals surface area contributed by atoms with Gasteiger partial charge in [-0.05, 0) is 19.4 Å². The van der Waals surface area contributed by atoms with Gasteiger partial charge in [-0.2, -0.15) is 0 Å². The number of nitrogens with one attached hydrogen (secondary N) is 1. The Bertz CT molecular complexity index is 553. The van der Waals surface area contributed by atoms with E-state index in [1.54, 1.807) is 11.3 Å². The number of aryl methyl sites for hydroxylation is 1. The van der Waals surface area contributed by atoms with Gasteiger partial charge in [0.05, 0.1) is 5.39 Å². The van der Waals surface area contributed by atoms with Gasteiger partial charge in [-0.3, -0.25) is 0 Å². The van der Waals surface area contributed by atoms with Crippen molar-refractivity contribution in [3.8, 4) is 0 Å². The fraction of sp³-hybridized carbons (Fsp3) is 0.364. The molecule has 0 saturated heterocycles. The molecule has 17 heavy (non-hydrogen) atoms. The van der Waals surface area contributed by atoms with Gasteiger partial charge in [-0.15, -0.1) is 11.3 Å². The number of anilines is 1. The normalized spacial score (nSPS) is 12.6. The van der Waals surface area contributed by atoms with Gasteiger partial charge in [0, 0.05) is 4.88 Å². The van der Waals surface area contributed by atoms with E-state index in [2.05, 4.69) is 15.3 Å². The first-order chi connectivity index (χ1) is 8.11. The lowest BCUT2D eigenvalue weighted by Crippen LogP contribution is -2.28. The van der Waals surface area contributed by atoms with Gasteiger partial charge in [0.25, 0.3) is 0 Å². The fourth-order valence-electron chi connectivity index (χ4n) is 1.59. The first kappa shape index (κ1) is 11.8. The van der Waals surface area contributed by atoms with Crippen LogP contribution in [0.4, 0.5) is 5.82 Å². The van der Waals surface area contributed by atoms with Crippen molar-refractivity contribution in [3.63, 3.8) is 0 Å². The Morgan fingerprint density at radius 3 is 3.00 bits per heavy atom. The van der Waals surface area contributed by atoms with Crippen molar-refractivity contribution in [3.05, 3.63) is 17.3 Å². The molecule has 0 saturated carbocycles. The summed E-state index contributed by atoms with van der Waals surface area (Å²) in [6.07, 6.45) is 1.96. The van der Waals surface area contributed by atoms with Crippen LogP contribution in [0.25, 0.3) is 10.2 Å². The summed E-state index contributed by atoms with van der Waals surface area (Å²) in [7, 11) is 0. The van der Waals surface area contributed by atoms with Crippen LogP contribution >= 0.6 is 11.3 Å². The molecule has 6 heteroatoms. The molecule has 2 N–H and O–H groups in total. The Kier molecular flexibility index (Phi) is 3.23. The largest absolute Gasteiger partial charge is 0.480 e. The molecule has 2 heterocycles. The molecule has 2 aromatic heterocycles. The van der Waals surface area contributed by atoms with Gasteiger partial charge in [0.1, 0.15) is 23.0 Å². The molecular formula is C11H13N3O2S. The zero-order valence-electron chi connectivity index (χ0n) is 9.60. The van der Waals surface area contributed by atoms with Gasteiger partial charge < -0.3 is 10.4 Å². The van der Waals surface area contributed by atoms with E-state index in [1.807, 2.05) is 19.9 Å². The molecule has 2 aromatic rings. The number of nitrogens with zero attached hydrogens (tertiary/aromatic N) is 2. The van der Waals surface area contributed by atoms with E-state index >= 15 is 0 Å². The van der Waals surface area contributed by atoms with Crippen LogP contribution in [-0.4, -0.2) is 27.1 Å². The third kappa shape index (κ3) is 2.36. The molecule has 0 fully saturated rings. The van der Waals surface area contributed by atoms with Crippen LogP contribution in [0, 0.1) is 6.92 Å². The highest BCUT2D eigenvalue weighted by atomic mass is 32.1.